The maximum Gasteiger partial charge on any atom is 0.416 e. The number of nitrogens with zero attached hydrogens (tertiary/aromatic N) is 2. The highest BCUT2D eigenvalue weighted by Gasteiger charge is 2.37. The number of ether oxygens (including phenoxy) is 1. The van der Waals surface area contributed by atoms with E-state index < -0.39 is 35.1 Å². The van der Waals surface area contributed by atoms with E-state index in [0.29, 0.717) is 27.6 Å². The summed E-state index contributed by atoms with van der Waals surface area (Å²) in [5.74, 6) is -2.68. The summed E-state index contributed by atoms with van der Waals surface area (Å²) >= 11 is 0. The molecule has 0 bridgehead atoms. The molecule has 5 aromatic rings. The summed E-state index contributed by atoms with van der Waals surface area (Å²) in [6.45, 7) is 1.59. The Kier molecular flexibility index (Phi) is 6.97. The average molecular weight is 598 g/mol. The lowest BCUT2D eigenvalue weighted by Gasteiger charge is -2.28. The number of hydrogen-bond acceptors (Lipinski definition) is 6. The monoisotopic (exact) mass is 597 g/mol. The Bertz CT molecular complexity index is 2080. The molecule has 7 nitrogen and oxygen atoms in total. The number of pyridine rings is 1. The molecule has 1 aliphatic rings. The summed E-state index contributed by atoms with van der Waals surface area (Å²) in [5, 5.41) is 13.2. The average Bonchev–Trinajstić information content (AvgIpc) is 3.01. The van der Waals surface area contributed by atoms with Gasteiger partial charge in [0.2, 0.25) is 11.8 Å². The van der Waals surface area contributed by atoms with Crippen LogP contribution >= 0.6 is 0 Å². The van der Waals surface area contributed by atoms with Gasteiger partial charge in [-0.15, -0.1) is 0 Å². The van der Waals surface area contributed by atoms with Gasteiger partial charge < -0.3 is 9.15 Å². The number of allylic oxidation sites excluding steroid dienone is 1. The Labute approximate surface area is 246 Å². The van der Waals surface area contributed by atoms with Crippen molar-refractivity contribution in [1.29, 1.82) is 5.26 Å². The van der Waals surface area contributed by atoms with Crippen LogP contribution < -0.4 is 15.7 Å². The molecule has 218 valence electrons. The number of nitrogens with one attached hydrogen (secondary N) is 1. The normalized spacial score (nSPS) is 14.5. The number of rotatable bonds is 4. The van der Waals surface area contributed by atoms with Crippen molar-refractivity contribution in [3.05, 3.63) is 141 Å². The van der Waals surface area contributed by atoms with Crippen LogP contribution in [-0.4, -0.2) is 10.9 Å². The number of halogens is 4. The van der Waals surface area contributed by atoms with Crippen LogP contribution in [0.25, 0.3) is 22.1 Å². The van der Waals surface area contributed by atoms with E-state index in [2.05, 4.69) is 10.3 Å². The second-order valence-electron chi connectivity index (χ2n) is 10.0. The van der Waals surface area contributed by atoms with Crippen LogP contribution in [-0.2, 0) is 6.18 Å². The standard InChI is InChI=1S/C33H19F4N3O4/c1-17-14-21(16-39-29(17)34)18-6-8-19(9-7-18)26-24(15-38)31(40-30(41)20-10-12-22(13-11-20)33(35,36)37)44-28-23-4-2-3-5-25(23)43-32(42)27(26)28/h2-14,16,26H,1H3,(H,40,41). The number of para-hydroxylation sites is 1. The van der Waals surface area contributed by atoms with Gasteiger partial charge in [0.15, 0.2) is 5.75 Å². The van der Waals surface area contributed by atoms with Crippen molar-refractivity contribution < 1.29 is 31.5 Å². The van der Waals surface area contributed by atoms with Crippen molar-refractivity contribution in [2.24, 2.45) is 0 Å². The molecule has 44 heavy (non-hydrogen) atoms. The van der Waals surface area contributed by atoms with Crippen LogP contribution in [0.3, 0.4) is 0 Å². The fraction of sp³-hybridized carbons (Fsp3) is 0.0909. The number of nitriles is 1. The Morgan fingerprint density at radius 2 is 1.70 bits per heavy atom. The minimum atomic E-state index is -4.58. The van der Waals surface area contributed by atoms with Crippen LogP contribution in [0.15, 0.2) is 106 Å². The predicted octanol–water partition coefficient (Wildman–Crippen LogP) is 7.01. The largest absolute Gasteiger partial charge is 0.438 e. The first kappa shape index (κ1) is 28.4. The minimum Gasteiger partial charge on any atom is -0.438 e. The first-order valence-electron chi connectivity index (χ1n) is 13.1. The molecule has 1 aliphatic heterocycles. The number of fused-ring (bicyclic) bond motifs is 3. The number of carbonyl (C=O) groups is 1. The SMILES string of the molecule is Cc1cc(-c2ccc(C3C(C#N)=C(NC(=O)c4ccc(C(F)(F)F)cc4)Oc4c3c(=O)oc3ccccc43)cc2)cnc1F. The summed E-state index contributed by atoms with van der Waals surface area (Å²) in [4.78, 5) is 30.2. The molecule has 0 aliphatic carbocycles. The number of amides is 1. The van der Waals surface area contributed by atoms with E-state index in [9.17, 15) is 32.4 Å². The van der Waals surface area contributed by atoms with Gasteiger partial charge in [0.1, 0.15) is 17.2 Å². The van der Waals surface area contributed by atoms with Gasteiger partial charge in [-0.1, -0.05) is 36.4 Å². The Hall–Kier alpha value is -5.76. The number of hydrogen-bond donors (Lipinski definition) is 1. The second-order valence-corrected chi connectivity index (χ2v) is 10.0. The van der Waals surface area contributed by atoms with Crippen molar-refractivity contribution in [3.8, 4) is 22.9 Å². The number of benzene rings is 3. The highest BCUT2D eigenvalue weighted by atomic mass is 19.4. The Morgan fingerprint density at radius 3 is 2.36 bits per heavy atom. The maximum absolute atomic E-state index is 13.7. The first-order valence-corrected chi connectivity index (χ1v) is 13.1. The second kappa shape index (κ2) is 10.8. The fourth-order valence-electron chi connectivity index (χ4n) is 5.04. The topological polar surface area (TPSA) is 105 Å². The number of aromatic nitrogens is 1. The third kappa shape index (κ3) is 5.07. The van der Waals surface area contributed by atoms with Crippen molar-refractivity contribution in [1.82, 2.24) is 10.3 Å². The van der Waals surface area contributed by atoms with E-state index >= 15 is 0 Å². The van der Waals surface area contributed by atoms with E-state index in [1.807, 2.05) is 6.07 Å². The molecule has 0 saturated heterocycles. The molecular formula is C33H19F4N3O4. The molecule has 6 rings (SSSR count). The van der Waals surface area contributed by atoms with E-state index in [-0.39, 0.29) is 33.9 Å². The van der Waals surface area contributed by atoms with Crippen molar-refractivity contribution >= 4 is 16.9 Å². The summed E-state index contributed by atoms with van der Waals surface area (Å²) in [5.41, 5.74) is 0.482. The van der Waals surface area contributed by atoms with E-state index in [4.69, 9.17) is 9.15 Å². The number of carbonyl (C=O) groups excluding carboxylic acids is 1. The Balaban J connectivity index is 1.46. The fourth-order valence-corrected chi connectivity index (χ4v) is 5.04. The Morgan fingerprint density at radius 1 is 1.00 bits per heavy atom. The van der Waals surface area contributed by atoms with Crippen molar-refractivity contribution in [3.63, 3.8) is 0 Å². The number of aryl methyl sites for hydroxylation is 1. The summed E-state index contributed by atoms with van der Waals surface area (Å²) in [6.07, 6.45) is -3.20. The lowest BCUT2D eigenvalue weighted by Crippen LogP contribution is -2.33. The smallest absolute Gasteiger partial charge is 0.416 e. The molecule has 2 aromatic heterocycles. The zero-order valence-electron chi connectivity index (χ0n) is 22.7. The van der Waals surface area contributed by atoms with Crippen LogP contribution in [0.5, 0.6) is 5.75 Å². The molecule has 1 unspecified atom stereocenters. The van der Waals surface area contributed by atoms with E-state index in [1.165, 1.54) is 6.20 Å². The summed E-state index contributed by atoms with van der Waals surface area (Å²) in [7, 11) is 0. The molecule has 0 spiro atoms. The molecular weight excluding hydrogens is 578 g/mol. The van der Waals surface area contributed by atoms with Gasteiger partial charge in [0.05, 0.1) is 22.4 Å². The predicted molar refractivity (Wildman–Crippen MR) is 151 cm³/mol. The maximum atomic E-state index is 13.7. The van der Waals surface area contributed by atoms with Gasteiger partial charge in [-0.2, -0.15) is 22.8 Å². The van der Waals surface area contributed by atoms with Gasteiger partial charge in [0, 0.05) is 22.9 Å². The van der Waals surface area contributed by atoms with E-state index in [0.717, 1.165) is 24.3 Å². The molecule has 1 atom stereocenters. The molecule has 1 N–H and O–H groups in total. The summed E-state index contributed by atoms with van der Waals surface area (Å²) in [6, 6.07) is 20.6. The summed E-state index contributed by atoms with van der Waals surface area (Å²) < 4.78 is 64.4. The van der Waals surface area contributed by atoms with Crippen molar-refractivity contribution in [2.75, 3.05) is 0 Å². The van der Waals surface area contributed by atoms with Gasteiger partial charge >= 0.3 is 11.8 Å². The highest BCUT2D eigenvalue weighted by molar-refractivity contribution is 5.95. The quantitative estimate of drug-likeness (QED) is 0.136. The highest BCUT2D eigenvalue weighted by Crippen LogP contribution is 2.44. The van der Waals surface area contributed by atoms with Crippen LogP contribution in [0, 0.1) is 24.2 Å². The van der Waals surface area contributed by atoms with Crippen molar-refractivity contribution in [2.45, 2.75) is 19.0 Å². The van der Waals surface area contributed by atoms with Crippen LogP contribution in [0.4, 0.5) is 17.6 Å². The molecule has 1 amide bonds. The lowest BCUT2D eigenvalue weighted by atomic mass is 9.83. The molecule has 0 radical (unpaired) electrons. The van der Waals surface area contributed by atoms with Crippen LogP contribution in [0.2, 0.25) is 0 Å². The molecule has 11 heteroatoms. The molecule has 3 aromatic carbocycles. The number of alkyl halides is 3. The van der Waals surface area contributed by atoms with Gasteiger partial charge in [-0.3, -0.25) is 10.1 Å². The molecule has 0 saturated carbocycles. The minimum absolute atomic E-state index is 0.0276. The van der Waals surface area contributed by atoms with Crippen LogP contribution in [0.1, 0.15) is 38.5 Å². The van der Waals surface area contributed by atoms with Gasteiger partial charge in [0.25, 0.3) is 5.91 Å². The zero-order valence-corrected chi connectivity index (χ0v) is 22.7. The third-order valence-electron chi connectivity index (χ3n) is 7.24. The first-order chi connectivity index (χ1) is 21.0. The van der Waals surface area contributed by atoms with E-state index in [1.54, 1.807) is 61.5 Å². The third-order valence-corrected chi connectivity index (χ3v) is 7.24. The lowest BCUT2D eigenvalue weighted by molar-refractivity contribution is -0.137. The van der Waals surface area contributed by atoms with Gasteiger partial charge in [-0.25, -0.2) is 9.78 Å². The molecule has 3 heterocycles. The van der Waals surface area contributed by atoms with Gasteiger partial charge in [-0.05, 0) is 60.5 Å². The molecule has 0 fully saturated rings. The zero-order chi connectivity index (χ0) is 31.2.